The molecule has 2 N–H and O–H groups in total. The third-order valence-corrected chi connectivity index (χ3v) is 2.95. The summed E-state index contributed by atoms with van der Waals surface area (Å²) >= 11 is 5.81. The number of piperidine rings is 1. The molecule has 15 heavy (non-hydrogen) atoms. The number of halogens is 1. The molecule has 0 bridgehead atoms. The van der Waals surface area contributed by atoms with Gasteiger partial charge in [0, 0.05) is 12.6 Å². The van der Waals surface area contributed by atoms with E-state index >= 15 is 0 Å². The maximum Gasteiger partial charge on any atom is 0.154 e. The van der Waals surface area contributed by atoms with Gasteiger partial charge >= 0.3 is 0 Å². The van der Waals surface area contributed by atoms with Crippen LogP contribution in [0.25, 0.3) is 0 Å². The SMILES string of the molecule is Cc1cc(NC2CCCNC2)nnc1Cl. The number of hydrogen-bond donors (Lipinski definition) is 2. The van der Waals surface area contributed by atoms with E-state index in [1.807, 2.05) is 13.0 Å². The van der Waals surface area contributed by atoms with E-state index in [2.05, 4.69) is 20.8 Å². The Labute approximate surface area is 94.4 Å². The van der Waals surface area contributed by atoms with Crippen LogP contribution in [0.4, 0.5) is 5.82 Å². The molecule has 1 aromatic rings. The molecule has 4 nitrogen and oxygen atoms in total. The van der Waals surface area contributed by atoms with Crippen molar-refractivity contribution in [1.82, 2.24) is 15.5 Å². The fourth-order valence-electron chi connectivity index (χ4n) is 1.72. The predicted octanol–water partition coefficient (Wildman–Crippen LogP) is 1.60. The highest BCUT2D eigenvalue weighted by atomic mass is 35.5. The molecule has 0 radical (unpaired) electrons. The van der Waals surface area contributed by atoms with Gasteiger partial charge in [-0.3, -0.25) is 0 Å². The molecule has 1 aromatic heterocycles. The molecule has 1 saturated heterocycles. The fourth-order valence-corrected chi connectivity index (χ4v) is 1.82. The summed E-state index contributed by atoms with van der Waals surface area (Å²) < 4.78 is 0. The molecule has 0 saturated carbocycles. The van der Waals surface area contributed by atoms with Gasteiger partial charge in [0.1, 0.15) is 5.82 Å². The van der Waals surface area contributed by atoms with Crippen LogP contribution in [0.2, 0.25) is 5.15 Å². The quantitative estimate of drug-likeness (QED) is 0.805. The zero-order valence-electron chi connectivity index (χ0n) is 8.76. The zero-order valence-corrected chi connectivity index (χ0v) is 9.51. The Balaban J connectivity index is 2.00. The third kappa shape index (κ3) is 2.79. The van der Waals surface area contributed by atoms with Gasteiger partial charge in [-0.1, -0.05) is 11.6 Å². The second kappa shape index (κ2) is 4.77. The van der Waals surface area contributed by atoms with E-state index in [1.165, 1.54) is 12.8 Å². The van der Waals surface area contributed by atoms with Gasteiger partial charge in [0.2, 0.25) is 0 Å². The second-order valence-corrected chi connectivity index (χ2v) is 4.25. The van der Waals surface area contributed by atoms with Crippen molar-refractivity contribution in [1.29, 1.82) is 0 Å². The van der Waals surface area contributed by atoms with E-state index in [1.54, 1.807) is 0 Å². The van der Waals surface area contributed by atoms with Crippen LogP contribution >= 0.6 is 11.6 Å². The van der Waals surface area contributed by atoms with E-state index in [0.717, 1.165) is 24.5 Å². The van der Waals surface area contributed by atoms with Crippen LogP contribution in [-0.2, 0) is 0 Å². The molecule has 82 valence electrons. The Morgan fingerprint density at radius 1 is 1.53 bits per heavy atom. The first kappa shape index (κ1) is 10.6. The van der Waals surface area contributed by atoms with E-state index in [4.69, 9.17) is 11.6 Å². The van der Waals surface area contributed by atoms with Crippen molar-refractivity contribution in [3.05, 3.63) is 16.8 Å². The van der Waals surface area contributed by atoms with Gasteiger partial charge < -0.3 is 10.6 Å². The minimum Gasteiger partial charge on any atom is -0.365 e. The summed E-state index contributed by atoms with van der Waals surface area (Å²) in [5.74, 6) is 0.811. The summed E-state index contributed by atoms with van der Waals surface area (Å²) in [4.78, 5) is 0. The normalized spacial score (nSPS) is 21.3. The summed E-state index contributed by atoms with van der Waals surface area (Å²) in [6.45, 7) is 4.04. The van der Waals surface area contributed by atoms with Crippen LogP contribution in [0.1, 0.15) is 18.4 Å². The van der Waals surface area contributed by atoms with Crippen molar-refractivity contribution >= 4 is 17.4 Å². The lowest BCUT2D eigenvalue weighted by Gasteiger charge is -2.24. The molecule has 0 aliphatic carbocycles. The Morgan fingerprint density at radius 2 is 2.40 bits per heavy atom. The standard InChI is InChI=1S/C10H15ClN4/c1-7-5-9(14-15-10(7)11)13-8-3-2-4-12-6-8/h5,8,12H,2-4,6H2,1H3,(H,13,14). The van der Waals surface area contributed by atoms with Gasteiger partial charge in [0.05, 0.1) is 0 Å². The summed E-state index contributed by atoms with van der Waals surface area (Å²) in [5, 5.41) is 15.1. The Kier molecular flexibility index (Phi) is 3.38. The minimum absolute atomic E-state index is 0.452. The fraction of sp³-hybridized carbons (Fsp3) is 0.600. The van der Waals surface area contributed by atoms with Gasteiger partial charge in [-0.2, -0.15) is 0 Å². The molecule has 0 aromatic carbocycles. The number of hydrogen-bond acceptors (Lipinski definition) is 4. The lowest BCUT2D eigenvalue weighted by atomic mass is 10.1. The third-order valence-electron chi connectivity index (χ3n) is 2.57. The largest absolute Gasteiger partial charge is 0.365 e. The molecule has 1 atom stereocenters. The maximum atomic E-state index is 5.81. The number of nitrogens with one attached hydrogen (secondary N) is 2. The van der Waals surface area contributed by atoms with E-state index < -0.39 is 0 Å². The van der Waals surface area contributed by atoms with Crippen molar-refractivity contribution in [2.75, 3.05) is 18.4 Å². The summed E-state index contributed by atoms with van der Waals surface area (Å²) in [7, 11) is 0. The van der Waals surface area contributed by atoms with Crippen LogP contribution in [-0.4, -0.2) is 29.3 Å². The molecule has 1 aliphatic heterocycles. The molecular weight excluding hydrogens is 212 g/mol. The van der Waals surface area contributed by atoms with Crippen LogP contribution in [0.15, 0.2) is 6.07 Å². The van der Waals surface area contributed by atoms with Crippen LogP contribution < -0.4 is 10.6 Å². The van der Waals surface area contributed by atoms with Crippen molar-refractivity contribution in [2.24, 2.45) is 0 Å². The smallest absolute Gasteiger partial charge is 0.154 e. The summed E-state index contributed by atoms with van der Waals surface area (Å²) in [6, 6.07) is 2.39. The Morgan fingerprint density at radius 3 is 3.07 bits per heavy atom. The molecule has 5 heteroatoms. The number of rotatable bonds is 2. The van der Waals surface area contributed by atoms with Gasteiger partial charge in [0.15, 0.2) is 5.15 Å². The van der Waals surface area contributed by atoms with Gasteiger partial charge in [-0.05, 0) is 37.9 Å². The van der Waals surface area contributed by atoms with Gasteiger partial charge in [-0.25, -0.2) is 0 Å². The highest BCUT2D eigenvalue weighted by Gasteiger charge is 2.13. The number of nitrogens with zero attached hydrogens (tertiary/aromatic N) is 2. The first-order chi connectivity index (χ1) is 7.25. The number of anilines is 1. The lowest BCUT2D eigenvalue weighted by molar-refractivity contribution is 0.478. The highest BCUT2D eigenvalue weighted by Crippen LogP contribution is 2.15. The molecular formula is C10H15ClN4. The predicted molar refractivity (Wildman–Crippen MR) is 61.3 cm³/mol. The topological polar surface area (TPSA) is 49.8 Å². The van der Waals surface area contributed by atoms with Gasteiger partial charge in [0.25, 0.3) is 0 Å². The number of aromatic nitrogens is 2. The average Bonchev–Trinajstić information content (AvgIpc) is 2.25. The Bertz CT molecular complexity index is 336. The van der Waals surface area contributed by atoms with Crippen LogP contribution in [0.5, 0.6) is 0 Å². The highest BCUT2D eigenvalue weighted by molar-refractivity contribution is 6.30. The lowest BCUT2D eigenvalue weighted by Crippen LogP contribution is -2.38. The molecule has 1 fully saturated rings. The molecule has 2 heterocycles. The first-order valence-electron chi connectivity index (χ1n) is 5.23. The average molecular weight is 227 g/mol. The van der Waals surface area contributed by atoms with Crippen molar-refractivity contribution < 1.29 is 0 Å². The van der Waals surface area contributed by atoms with E-state index in [9.17, 15) is 0 Å². The summed E-state index contributed by atoms with van der Waals surface area (Å²) in [5.41, 5.74) is 0.956. The van der Waals surface area contributed by atoms with Crippen molar-refractivity contribution in [2.45, 2.75) is 25.8 Å². The van der Waals surface area contributed by atoms with E-state index in [0.29, 0.717) is 11.2 Å². The monoisotopic (exact) mass is 226 g/mol. The molecule has 0 amide bonds. The van der Waals surface area contributed by atoms with Gasteiger partial charge in [-0.15, -0.1) is 10.2 Å². The maximum absolute atomic E-state index is 5.81. The molecule has 2 rings (SSSR count). The summed E-state index contributed by atoms with van der Waals surface area (Å²) in [6.07, 6.45) is 2.38. The second-order valence-electron chi connectivity index (χ2n) is 3.89. The minimum atomic E-state index is 0.452. The molecule has 1 aliphatic rings. The molecule has 1 unspecified atom stereocenters. The van der Waals surface area contributed by atoms with E-state index in [-0.39, 0.29) is 0 Å². The van der Waals surface area contributed by atoms with Crippen LogP contribution in [0, 0.1) is 6.92 Å². The first-order valence-corrected chi connectivity index (χ1v) is 5.60. The van der Waals surface area contributed by atoms with Crippen LogP contribution in [0.3, 0.4) is 0 Å². The van der Waals surface area contributed by atoms with Crippen molar-refractivity contribution in [3.63, 3.8) is 0 Å². The number of aryl methyl sites for hydroxylation is 1. The van der Waals surface area contributed by atoms with Crippen molar-refractivity contribution in [3.8, 4) is 0 Å². The zero-order chi connectivity index (χ0) is 10.7. The molecule has 0 spiro atoms. The Hall–Kier alpha value is -0.870.